The number of rotatable bonds is 6. The fourth-order valence-electron chi connectivity index (χ4n) is 2.89. The number of fused-ring (bicyclic) bond motifs is 1. The van der Waals surface area contributed by atoms with E-state index in [1.165, 1.54) is 0 Å². The second-order valence-electron chi connectivity index (χ2n) is 6.25. The van der Waals surface area contributed by atoms with Crippen molar-refractivity contribution in [2.75, 3.05) is 12.4 Å². The molecule has 0 unspecified atom stereocenters. The summed E-state index contributed by atoms with van der Waals surface area (Å²) in [6.07, 6.45) is 0.132. The zero-order chi connectivity index (χ0) is 20.1. The third-order valence-corrected chi connectivity index (χ3v) is 4.37. The Morgan fingerprint density at radius 1 is 0.964 bits per heavy atom. The topological polar surface area (TPSA) is 113 Å². The van der Waals surface area contributed by atoms with Gasteiger partial charge in [0.05, 0.1) is 23.7 Å². The van der Waals surface area contributed by atoms with Gasteiger partial charge in [-0.05, 0) is 23.8 Å². The molecule has 2 aromatic carbocycles. The van der Waals surface area contributed by atoms with Crippen LogP contribution in [0, 0.1) is 0 Å². The summed E-state index contributed by atoms with van der Waals surface area (Å²) < 4.78 is 1.14. The summed E-state index contributed by atoms with van der Waals surface area (Å²) in [5.41, 5.74) is 0.483. The Kier molecular flexibility index (Phi) is 5.69. The number of benzene rings is 2. The minimum Gasteiger partial charge on any atom is -0.359 e. The molecular formula is C20H20N4O4. The molecule has 8 heteroatoms. The number of nitrogens with one attached hydrogen (secondary N) is 3. The molecule has 0 saturated heterocycles. The Hall–Kier alpha value is -3.68. The Balaban J connectivity index is 1.73. The van der Waals surface area contributed by atoms with Crippen molar-refractivity contribution in [3.8, 4) is 0 Å². The highest BCUT2D eigenvalue weighted by atomic mass is 16.2. The van der Waals surface area contributed by atoms with Gasteiger partial charge in [-0.1, -0.05) is 30.3 Å². The van der Waals surface area contributed by atoms with Crippen molar-refractivity contribution in [3.63, 3.8) is 0 Å². The van der Waals surface area contributed by atoms with Gasteiger partial charge in [-0.3, -0.25) is 24.3 Å². The van der Waals surface area contributed by atoms with Gasteiger partial charge in [0.25, 0.3) is 11.1 Å². The Morgan fingerprint density at radius 2 is 1.64 bits per heavy atom. The molecular weight excluding hydrogens is 360 g/mol. The van der Waals surface area contributed by atoms with Crippen molar-refractivity contribution in [2.24, 2.45) is 0 Å². The molecule has 0 aliphatic rings. The van der Waals surface area contributed by atoms with Gasteiger partial charge in [0.2, 0.25) is 11.8 Å². The van der Waals surface area contributed by atoms with Crippen molar-refractivity contribution >= 4 is 28.3 Å². The molecule has 144 valence electrons. The van der Waals surface area contributed by atoms with E-state index in [0.717, 1.165) is 4.68 Å². The van der Waals surface area contributed by atoms with Gasteiger partial charge in [-0.25, -0.2) is 4.68 Å². The predicted molar refractivity (Wildman–Crippen MR) is 106 cm³/mol. The van der Waals surface area contributed by atoms with Crippen LogP contribution < -0.4 is 21.8 Å². The van der Waals surface area contributed by atoms with Crippen molar-refractivity contribution in [2.45, 2.75) is 19.4 Å². The van der Waals surface area contributed by atoms with Gasteiger partial charge in [0, 0.05) is 19.2 Å². The molecule has 8 nitrogen and oxygen atoms in total. The Bertz CT molecular complexity index is 1150. The van der Waals surface area contributed by atoms with Crippen LogP contribution in [0.15, 0.2) is 58.1 Å². The number of aryl methyl sites for hydroxylation is 1. The summed E-state index contributed by atoms with van der Waals surface area (Å²) >= 11 is 0. The molecule has 0 atom stereocenters. The predicted octanol–water partition coefficient (Wildman–Crippen LogP) is 1.01. The summed E-state index contributed by atoms with van der Waals surface area (Å²) in [6.45, 7) is 0.0301. The molecule has 0 saturated carbocycles. The first-order valence-electron chi connectivity index (χ1n) is 8.80. The maximum absolute atomic E-state index is 12.5. The van der Waals surface area contributed by atoms with E-state index < -0.39 is 0 Å². The van der Waals surface area contributed by atoms with Crippen molar-refractivity contribution in [1.29, 1.82) is 0 Å². The first kappa shape index (κ1) is 19.1. The van der Waals surface area contributed by atoms with Crippen molar-refractivity contribution in [3.05, 3.63) is 74.8 Å². The van der Waals surface area contributed by atoms with Crippen LogP contribution in [-0.2, 0) is 22.6 Å². The van der Waals surface area contributed by atoms with Crippen LogP contribution in [0.25, 0.3) is 10.8 Å². The quantitative estimate of drug-likeness (QED) is 0.592. The first-order valence-corrected chi connectivity index (χ1v) is 8.80. The van der Waals surface area contributed by atoms with E-state index >= 15 is 0 Å². The minimum absolute atomic E-state index is 0.0114. The zero-order valence-electron chi connectivity index (χ0n) is 15.3. The maximum atomic E-state index is 12.5. The third kappa shape index (κ3) is 4.17. The molecule has 0 aliphatic carbocycles. The van der Waals surface area contributed by atoms with Gasteiger partial charge in [-0.2, -0.15) is 0 Å². The molecule has 0 bridgehead atoms. The van der Waals surface area contributed by atoms with Gasteiger partial charge < -0.3 is 10.6 Å². The number of nitrogens with zero attached hydrogens (tertiary/aromatic N) is 1. The standard InChI is InChI=1S/C20H20N4O4/c1-21-18(26)12-13-6-2-5-9-16(13)22-17(25)10-11-24-20(28)15-8-4-3-7-14(15)19(27)23-24/h2-9H,10-12H2,1H3,(H,21,26)(H,22,25)(H,23,27). The SMILES string of the molecule is CNC(=O)Cc1ccccc1NC(=O)CCn1[nH]c(=O)c2ccccc2c1=O. The van der Waals surface area contributed by atoms with E-state index in [2.05, 4.69) is 15.7 Å². The first-order chi connectivity index (χ1) is 13.5. The third-order valence-electron chi connectivity index (χ3n) is 4.37. The number of anilines is 1. The minimum atomic E-state index is -0.383. The summed E-state index contributed by atoms with van der Waals surface area (Å²) in [4.78, 5) is 48.5. The molecule has 3 N–H and O–H groups in total. The number of H-pyrrole nitrogens is 1. The number of hydrogen-bond donors (Lipinski definition) is 3. The average Bonchev–Trinajstić information content (AvgIpc) is 2.71. The Labute approximate surface area is 160 Å². The Morgan fingerprint density at radius 3 is 2.39 bits per heavy atom. The average molecular weight is 380 g/mol. The number of para-hydroxylation sites is 1. The molecule has 1 heterocycles. The number of aromatic amines is 1. The van der Waals surface area contributed by atoms with Gasteiger partial charge in [-0.15, -0.1) is 0 Å². The fourth-order valence-corrected chi connectivity index (χ4v) is 2.89. The van der Waals surface area contributed by atoms with Gasteiger partial charge in [0.15, 0.2) is 0 Å². The number of carbonyl (C=O) groups excluding carboxylic acids is 2. The highest BCUT2D eigenvalue weighted by molar-refractivity contribution is 5.92. The zero-order valence-corrected chi connectivity index (χ0v) is 15.3. The van der Waals surface area contributed by atoms with Crippen LogP contribution in [0.3, 0.4) is 0 Å². The fraction of sp³-hybridized carbons (Fsp3) is 0.200. The number of likely N-dealkylation sites (N-methyl/N-ethyl adjacent to an activating group) is 1. The number of carbonyl (C=O) groups is 2. The highest BCUT2D eigenvalue weighted by Crippen LogP contribution is 2.16. The van der Waals surface area contributed by atoms with Crippen LogP contribution in [0.5, 0.6) is 0 Å². The number of aromatic nitrogens is 2. The van der Waals surface area contributed by atoms with Gasteiger partial charge in [0.1, 0.15) is 0 Å². The summed E-state index contributed by atoms with van der Waals surface area (Å²) in [5.74, 6) is -0.493. The summed E-state index contributed by atoms with van der Waals surface area (Å²) in [5, 5.41) is 8.42. The lowest BCUT2D eigenvalue weighted by Crippen LogP contribution is -2.31. The van der Waals surface area contributed by atoms with Crippen LogP contribution in [0.2, 0.25) is 0 Å². The highest BCUT2D eigenvalue weighted by Gasteiger charge is 2.11. The van der Waals surface area contributed by atoms with Crippen molar-refractivity contribution in [1.82, 2.24) is 15.1 Å². The molecule has 28 heavy (non-hydrogen) atoms. The maximum Gasteiger partial charge on any atom is 0.273 e. The molecule has 2 amide bonds. The molecule has 0 radical (unpaired) electrons. The molecule has 0 spiro atoms. The normalized spacial score (nSPS) is 10.6. The van der Waals surface area contributed by atoms with Crippen LogP contribution >= 0.6 is 0 Å². The largest absolute Gasteiger partial charge is 0.359 e. The van der Waals surface area contributed by atoms with Crippen LogP contribution in [0.4, 0.5) is 5.69 Å². The second-order valence-corrected chi connectivity index (χ2v) is 6.25. The van der Waals surface area contributed by atoms with Gasteiger partial charge >= 0.3 is 0 Å². The van der Waals surface area contributed by atoms with Crippen molar-refractivity contribution < 1.29 is 9.59 Å². The van der Waals surface area contributed by atoms with E-state index in [4.69, 9.17) is 0 Å². The van der Waals surface area contributed by atoms with E-state index in [0.29, 0.717) is 22.0 Å². The monoisotopic (exact) mass is 380 g/mol. The lowest BCUT2D eigenvalue weighted by molar-refractivity contribution is -0.120. The molecule has 3 aromatic rings. The van der Waals surface area contributed by atoms with E-state index in [1.807, 2.05) is 0 Å². The molecule has 0 fully saturated rings. The van der Waals surface area contributed by atoms with Crippen LogP contribution in [-0.4, -0.2) is 28.6 Å². The molecule has 1 aromatic heterocycles. The lowest BCUT2D eigenvalue weighted by atomic mass is 10.1. The molecule has 3 rings (SSSR count). The number of amides is 2. The second kappa shape index (κ2) is 8.34. The number of hydrogen-bond acceptors (Lipinski definition) is 4. The summed E-state index contributed by atoms with van der Waals surface area (Å²) in [6, 6.07) is 13.5. The lowest BCUT2D eigenvalue weighted by Gasteiger charge is -2.11. The van der Waals surface area contributed by atoms with E-state index in [1.54, 1.807) is 55.6 Å². The van der Waals surface area contributed by atoms with E-state index in [-0.39, 0.29) is 42.3 Å². The van der Waals surface area contributed by atoms with Crippen LogP contribution in [0.1, 0.15) is 12.0 Å². The molecule has 0 aliphatic heterocycles. The smallest absolute Gasteiger partial charge is 0.273 e. The van der Waals surface area contributed by atoms with E-state index in [9.17, 15) is 19.2 Å². The summed E-state index contributed by atoms with van der Waals surface area (Å²) in [7, 11) is 1.55.